The molecule has 0 aliphatic carbocycles. The number of carbonyl (C=O) groups excluding carboxylic acids is 1. The van der Waals surface area contributed by atoms with Crippen LogP contribution in [0.15, 0.2) is 41.3 Å². The Hall–Kier alpha value is -1.92. The molecule has 0 heterocycles. The monoisotopic (exact) mass is 251 g/mol. The zero-order chi connectivity index (χ0) is 12.5. The van der Waals surface area contributed by atoms with E-state index in [1.54, 1.807) is 24.3 Å². The number of carbonyl (C=O) groups is 1. The van der Waals surface area contributed by atoms with Crippen molar-refractivity contribution < 1.29 is 17.8 Å². The highest BCUT2D eigenvalue weighted by Gasteiger charge is 2.14. The van der Waals surface area contributed by atoms with Crippen LogP contribution >= 0.6 is 0 Å². The lowest BCUT2D eigenvalue weighted by Crippen LogP contribution is -2.00. The van der Waals surface area contributed by atoms with Gasteiger partial charge in [-0.05, 0) is 12.1 Å². The highest BCUT2D eigenvalue weighted by atomic mass is 32.2. The maximum Gasteiger partial charge on any atom is 0.295 e. The van der Waals surface area contributed by atoms with E-state index < -0.39 is 10.1 Å². The van der Waals surface area contributed by atoms with Crippen molar-refractivity contribution in [1.82, 2.24) is 0 Å². The van der Waals surface area contributed by atoms with E-state index in [1.165, 1.54) is 12.1 Å². The van der Waals surface area contributed by atoms with Gasteiger partial charge in [0, 0.05) is 16.5 Å². The van der Waals surface area contributed by atoms with E-state index in [9.17, 15) is 13.2 Å². The molecular formula is C11H9NO4S. The van der Waals surface area contributed by atoms with E-state index in [4.69, 9.17) is 4.55 Å². The summed E-state index contributed by atoms with van der Waals surface area (Å²) >= 11 is 0. The van der Waals surface area contributed by atoms with Gasteiger partial charge in [0.25, 0.3) is 10.1 Å². The van der Waals surface area contributed by atoms with Crippen LogP contribution in [-0.4, -0.2) is 19.4 Å². The zero-order valence-electron chi connectivity index (χ0n) is 8.62. The van der Waals surface area contributed by atoms with Gasteiger partial charge in [-0.15, -0.1) is 0 Å². The van der Waals surface area contributed by atoms with E-state index in [0.717, 1.165) is 0 Å². The third kappa shape index (κ3) is 2.13. The second kappa shape index (κ2) is 4.15. The lowest BCUT2D eigenvalue weighted by atomic mass is 10.1. The quantitative estimate of drug-likeness (QED) is 0.641. The highest BCUT2D eigenvalue weighted by Crippen LogP contribution is 2.28. The molecule has 0 aliphatic heterocycles. The van der Waals surface area contributed by atoms with Gasteiger partial charge in [0.05, 0.1) is 0 Å². The first-order chi connectivity index (χ1) is 8.04. The molecule has 6 heteroatoms. The molecule has 2 aromatic carbocycles. The normalized spacial score (nSPS) is 11.4. The summed E-state index contributed by atoms with van der Waals surface area (Å²) in [6.07, 6.45) is 0.509. The lowest BCUT2D eigenvalue weighted by molar-refractivity contribution is -0.105. The topological polar surface area (TPSA) is 83.5 Å². The molecule has 0 fully saturated rings. The highest BCUT2D eigenvalue weighted by molar-refractivity contribution is 7.86. The van der Waals surface area contributed by atoms with Crippen LogP contribution in [0.25, 0.3) is 10.8 Å². The van der Waals surface area contributed by atoms with Crippen LogP contribution in [0.2, 0.25) is 0 Å². The molecule has 1 amide bonds. The molecule has 17 heavy (non-hydrogen) atoms. The standard InChI is InChI=1S/C11H9NO4S/c13-7-12-10-5-1-4-9-8(10)3-2-6-11(9)17(14,15)16/h1-7H,(H,12,13)(H,14,15,16). The summed E-state index contributed by atoms with van der Waals surface area (Å²) in [5.74, 6) is 0. The summed E-state index contributed by atoms with van der Waals surface area (Å²) in [4.78, 5) is 10.2. The van der Waals surface area contributed by atoms with Gasteiger partial charge in [0.15, 0.2) is 0 Å². The summed E-state index contributed by atoms with van der Waals surface area (Å²) < 4.78 is 31.5. The van der Waals surface area contributed by atoms with E-state index in [-0.39, 0.29) is 4.90 Å². The maximum absolute atomic E-state index is 11.2. The van der Waals surface area contributed by atoms with Crippen molar-refractivity contribution in [3.05, 3.63) is 36.4 Å². The SMILES string of the molecule is O=CNc1cccc2c(S(=O)(=O)O)cccc12. The first-order valence-electron chi connectivity index (χ1n) is 4.73. The average molecular weight is 251 g/mol. The second-order valence-electron chi connectivity index (χ2n) is 3.39. The molecule has 2 aromatic rings. The number of benzene rings is 2. The number of amides is 1. The predicted molar refractivity (Wildman–Crippen MR) is 63.4 cm³/mol. The molecule has 0 bridgehead atoms. The smallest absolute Gasteiger partial charge is 0.295 e. The predicted octanol–water partition coefficient (Wildman–Crippen LogP) is 1.65. The number of rotatable bonds is 3. The van der Waals surface area contributed by atoms with E-state index >= 15 is 0 Å². The van der Waals surface area contributed by atoms with Crippen molar-refractivity contribution in [3.63, 3.8) is 0 Å². The van der Waals surface area contributed by atoms with Gasteiger partial charge in [0.1, 0.15) is 4.90 Å². The lowest BCUT2D eigenvalue weighted by Gasteiger charge is -2.07. The average Bonchev–Trinajstić information content (AvgIpc) is 2.28. The van der Waals surface area contributed by atoms with Gasteiger partial charge < -0.3 is 5.32 Å². The van der Waals surface area contributed by atoms with Crippen LogP contribution in [0.3, 0.4) is 0 Å². The molecule has 0 radical (unpaired) electrons. The Bertz CT molecular complexity index is 679. The van der Waals surface area contributed by atoms with Crippen LogP contribution in [-0.2, 0) is 14.9 Å². The summed E-state index contributed by atoms with van der Waals surface area (Å²) in [6, 6.07) is 9.28. The van der Waals surface area contributed by atoms with Gasteiger partial charge in [0.2, 0.25) is 6.41 Å². The summed E-state index contributed by atoms with van der Waals surface area (Å²) in [6.45, 7) is 0. The minimum atomic E-state index is -4.28. The zero-order valence-corrected chi connectivity index (χ0v) is 9.44. The fraction of sp³-hybridized carbons (Fsp3) is 0. The summed E-state index contributed by atoms with van der Waals surface area (Å²) in [5.41, 5.74) is 0.489. The first-order valence-corrected chi connectivity index (χ1v) is 6.17. The van der Waals surface area contributed by atoms with Crippen molar-refractivity contribution >= 4 is 33.0 Å². The largest absolute Gasteiger partial charge is 0.328 e. The van der Waals surface area contributed by atoms with Crippen LogP contribution in [0.1, 0.15) is 0 Å². The van der Waals surface area contributed by atoms with E-state index in [0.29, 0.717) is 22.9 Å². The van der Waals surface area contributed by atoms with E-state index in [2.05, 4.69) is 5.32 Å². The van der Waals surface area contributed by atoms with Crippen molar-refractivity contribution in [2.75, 3.05) is 5.32 Å². The molecule has 5 nitrogen and oxygen atoms in total. The molecule has 0 aromatic heterocycles. The Morgan fingerprint density at radius 1 is 1.06 bits per heavy atom. The van der Waals surface area contributed by atoms with Gasteiger partial charge in [-0.3, -0.25) is 9.35 Å². The number of fused-ring (bicyclic) bond motifs is 1. The Morgan fingerprint density at radius 3 is 2.35 bits per heavy atom. The molecule has 0 atom stereocenters. The van der Waals surface area contributed by atoms with Crippen LogP contribution in [0.5, 0.6) is 0 Å². The Morgan fingerprint density at radius 2 is 1.71 bits per heavy atom. The molecule has 88 valence electrons. The Kier molecular flexibility index (Phi) is 2.83. The number of hydrogen-bond acceptors (Lipinski definition) is 3. The fourth-order valence-corrected chi connectivity index (χ4v) is 2.40. The van der Waals surface area contributed by atoms with Gasteiger partial charge in [-0.2, -0.15) is 8.42 Å². The van der Waals surface area contributed by atoms with E-state index in [1.807, 2.05) is 0 Å². The number of hydrogen-bond donors (Lipinski definition) is 2. The van der Waals surface area contributed by atoms with Gasteiger partial charge in [-0.1, -0.05) is 24.3 Å². The van der Waals surface area contributed by atoms with Crippen LogP contribution < -0.4 is 5.32 Å². The molecule has 0 aliphatic rings. The van der Waals surface area contributed by atoms with Crippen LogP contribution in [0, 0.1) is 0 Å². The minimum absolute atomic E-state index is 0.176. The number of anilines is 1. The third-order valence-corrected chi connectivity index (χ3v) is 3.29. The molecule has 0 saturated carbocycles. The molecule has 0 spiro atoms. The minimum Gasteiger partial charge on any atom is -0.328 e. The Balaban J connectivity index is 2.83. The molecule has 0 saturated heterocycles. The molecular weight excluding hydrogens is 242 g/mol. The molecule has 2 N–H and O–H groups in total. The summed E-state index contributed by atoms with van der Waals surface area (Å²) in [5, 5.41) is 3.39. The van der Waals surface area contributed by atoms with Gasteiger partial charge >= 0.3 is 0 Å². The van der Waals surface area contributed by atoms with Crippen molar-refractivity contribution in [2.45, 2.75) is 4.90 Å². The molecule has 2 rings (SSSR count). The van der Waals surface area contributed by atoms with Crippen molar-refractivity contribution in [1.29, 1.82) is 0 Å². The van der Waals surface area contributed by atoms with Crippen molar-refractivity contribution in [3.8, 4) is 0 Å². The summed E-state index contributed by atoms with van der Waals surface area (Å²) in [7, 11) is -4.28. The van der Waals surface area contributed by atoms with Crippen LogP contribution in [0.4, 0.5) is 5.69 Å². The maximum atomic E-state index is 11.2. The molecule has 0 unspecified atom stereocenters. The van der Waals surface area contributed by atoms with Crippen molar-refractivity contribution in [2.24, 2.45) is 0 Å². The van der Waals surface area contributed by atoms with Gasteiger partial charge in [-0.25, -0.2) is 0 Å². The first kappa shape index (κ1) is 11.6. The Labute approximate surface area is 97.8 Å². The fourth-order valence-electron chi connectivity index (χ4n) is 1.70. The second-order valence-corrected chi connectivity index (χ2v) is 4.78. The third-order valence-electron chi connectivity index (χ3n) is 2.37. The number of nitrogens with one attached hydrogen (secondary N) is 1.